The second kappa shape index (κ2) is 7.70. The van der Waals surface area contributed by atoms with Crippen LogP contribution in [-0.2, 0) is 6.61 Å². The highest BCUT2D eigenvalue weighted by atomic mass is 16.5. The molecular formula is C21H19N5O. The number of rotatable bonds is 6. The van der Waals surface area contributed by atoms with Gasteiger partial charge in [0.25, 0.3) is 0 Å². The summed E-state index contributed by atoms with van der Waals surface area (Å²) < 4.78 is 5.99. The number of hydrogen-bond acceptors (Lipinski definition) is 5. The average molecular weight is 357 g/mol. The zero-order valence-corrected chi connectivity index (χ0v) is 14.9. The van der Waals surface area contributed by atoms with Crippen molar-refractivity contribution in [2.45, 2.75) is 13.5 Å². The maximum atomic E-state index is 5.99. The van der Waals surface area contributed by atoms with Gasteiger partial charge in [-0.2, -0.15) is 5.10 Å². The van der Waals surface area contributed by atoms with Crippen molar-refractivity contribution >= 4 is 11.6 Å². The van der Waals surface area contributed by atoms with E-state index < -0.39 is 0 Å². The van der Waals surface area contributed by atoms with E-state index in [1.807, 2.05) is 67.7 Å². The van der Waals surface area contributed by atoms with E-state index in [4.69, 9.17) is 4.74 Å². The monoisotopic (exact) mass is 357 g/mol. The third-order valence-electron chi connectivity index (χ3n) is 4.13. The van der Waals surface area contributed by atoms with Gasteiger partial charge in [-0.3, -0.25) is 10.1 Å². The SMILES string of the molecule is Cc1ncc(-c2ccnc(Nc3ccn[nH]3)c2)cc1OCc1ccccc1. The number of hydrogen-bond donors (Lipinski definition) is 2. The van der Waals surface area contributed by atoms with Gasteiger partial charge in [0.05, 0.1) is 11.9 Å². The quantitative estimate of drug-likeness (QED) is 0.531. The lowest BCUT2D eigenvalue weighted by Gasteiger charge is -2.11. The first-order valence-corrected chi connectivity index (χ1v) is 8.64. The summed E-state index contributed by atoms with van der Waals surface area (Å²) in [4.78, 5) is 8.84. The van der Waals surface area contributed by atoms with Crippen molar-refractivity contribution < 1.29 is 4.74 Å². The summed E-state index contributed by atoms with van der Waals surface area (Å²) in [5.74, 6) is 2.29. The molecule has 0 aliphatic rings. The van der Waals surface area contributed by atoms with Gasteiger partial charge in [-0.1, -0.05) is 30.3 Å². The van der Waals surface area contributed by atoms with E-state index in [9.17, 15) is 0 Å². The molecule has 2 N–H and O–H groups in total. The first-order valence-electron chi connectivity index (χ1n) is 8.64. The number of anilines is 2. The number of nitrogens with zero attached hydrogens (tertiary/aromatic N) is 3. The predicted octanol–water partition coefficient (Wildman–Crippen LogP) is 4.50. The molecule has 0 unspecified atom stereocenters. The van der Waals surface area contributed by atoms with E-state index in [2.05, 4.69) is 25.5 Å². The minimum atomic E-state index is 0.510. The zero-order chi connectivity index (χ0) is 18.5. The molecule has 3 heterocycles. The molecule has 0 fully saturated rings. The number of benzene rings is 1. The number of nitrogens with one attached hydrogen (secondary N) is 2. The summed E-state index contributed by atoms with van der Waals surface area (Å²) in [5, 5.41) is 9.97. The molecule has 0 spiro atoms. The van der Waals surface area contributed by atoms with Crippen molar-refractivity contribution in [2.24, 2.45) is 0 Å². The predicted molar refractivity (Wildman–Crippen MR) is 105 cm³/mol. The zero-order valence-electron chi connectivity index (χ0n) is 14.9. The number of pyridine rings is 2. The highest BCUT2D eigenvalue weighted by Gasteiger charge is 2.07. The summed E-state index contributed by atoms with van der Waals surface area (Å²) in [6, 6.07) is 17.9. The molecule has 0 amide bonds. The van der Waals surface area contributed by atoms with Crippen molar-refractivity contribution in [3.8, 4) is 16.9 Å². The molecular weight excluding hydrogens is 338 g/mol. The molecule has 6 nitrogen and oxygen atoms in total. The highest BCUT2D eigenvalue weighted by Crippen LogP contribution is 2.27. The summed E-state index contributed by atoms with van der Waals surface area (Å²) in [6.45, 7) is 2.46. The molecule has 0 atom stereocenters. The van der Waals surface area contributed by atoms with Crippen LogP contribution in [0.3, 0.4) is 0 Å². The van der Waals surface area contributed by atoms with E-state index in [1.54, 1.807) is 12.4 Å². The van der Waals surface area contributed by atoms with Gasteiger partial charge in [0.1, 0.15) is 24.0 Å². The molecule has 27 heavy (non-hydrogen) atoms. The molecule has 0 aliphatic carbocycles. The van der Waals surface area contributed by atoms with Gasteiger partial charge in [0, 0.05) is 24.0 Å². The fourth-order valence-electron chi connectivity index (χ4n) is 2.69. The van der Waals surface area contributed by atoms with E-state index >= 15 is 0 Å². The van der Waals surface area contributed by atoms with Gasteiger partial charge in [0.15, 0.2) is 0 Å². The van der Waals surface area contributed by atoms with Crippen LogP contribution in [-0.4, -0.2) is 20.2 Å². The molecule has 1 aromatic carbocycles. The first kappa shape index (κ1) is 16.8. The van der Waals surface area contributed by atoms with Crippen LogP contribution in [0.4, 0.5) is 11.6 Å². The van der Waals surface area contributed by atoms with Crippen molar-refractivity contribution in [3.05, 3.63) is 84.4 Å². The Kier molecular flexibility index (Phi) is 4.78. The molecule has 0 radical (unpaired) electrons. The standard InChI is InChI=1S/C21H19N5O/c1-15-19(27-14-16-5-3-2-4-6-16)11-18(13-23-15)17-7-9-22-21(12-17)25-20-8-10-24-26-20/h2-13H,14H2,1H3,(H2,22,24,25,26). The van der Waals surface area contributed by atoms with E-state index in [0.29, 0.717) is 6.61 Å². The summed E-state index contributed by atoms with van der Waals surface area (Å²) in [7, 11) is 0. The Morgan fingerprint density at radius 1 is 0.963 bits per heavy atom. The Morgan fingerprint density at radius 2 is 1.85 bits per heavy atom. The fourth-order valence-corrected chi connectivity index (χ4v) is 2.69. The number of aromatic amines is 1. The normalized spacial score (nSPS) is 10.6. The highest BCUT2D eigenvalue weighted by molar-refractivity contribution is 5.68. The van der Waals surface area contributed by atoms with Gasteiger partial charge in [-0.25, -0.2) is 4.98 Å². The molecule has 0 bridgehead atoms. The summed E-state index contributed by atoms with van der Waals surface area (Å²) in [6.07, 6.45) is 5.30. The van der Waals surface area contributed by atoms with Crippen LogP contribution in [0.15, 0.2) is 73.2 Å². The maximum Gasteiger partial charge on any atom is 0.141 e. The number of aryl methyl sites for hydroxylation is 1. The summed E-state index contributed by atoms with van der Waals surface area (Å²) in [5.41, 5.74) is 3.96. The third kappa shape index (κ3) is 4.12. The van der Waals surface area contributed by atoms with Crippen LogP contribution in [0.5, 0.6) is 5.75 Å². The molecule has 3 aromatic heterocycles. The third-order valence-corrected chi connectivity index (χ3v) is 4.13. The maximum absolute atomic E-state index is 5.99. The van der Waals surface area contributed by atoms with Gasteiger partial charge in [-0.15, -0.1) is 0 Å². The largest absolute Gasteiger partial charge is 0.487 e. The Bertz CT molecular complexity index is 1020. The second-order valence-electron chi connectivity index (χ2n) is 6.11. The molecule has 4 aromatic rings. The van der Waals surface area contributed by atoms with Crippen LogP contribution >= 0.6 is 0 Å². The Labute approximate surface area is 157 Å². The number of H-pyrrole nitrogens is 1. The van der Waals surface area contributed by atoms with E-state index in [-0.39, 0.29) is 0 Å². The van der Waals surface area contributed by atoms with Gasteiger partial charge in [-0.05, 0) is 36.2 Å². The first-order chi connectivity index (χ1) is 13.3. The average Bonchev–Trinajstić information content (AvgIpc) is 3.21. The summed E-state index contributed by atoms with van der Waals surface area (Å²) >= 11 is 0. The number of aromatic nitrogens is 4. The van der Waals surface area contributed by atoms with Crippen LogP contribution in [0, 0.1) is 6.92 Å². The minimum absolute atomic E-state index is 0.510. The second-order valence-corrected chi connectivity index (χ2v) is 6.11. The Hall–Kier alpha value is -3.67. The molecule has 6 heteroatoms. The van der Waals surface area contributed by atoms with Gasteiger partial charge < -0.3 is 10.1 Å². The van der Waals surface area contributed by atoms with Crippen LogP contribution in [0.25, 0.3) is 11.1 Å². The number of ether oxygens (including phenoxy) is 1. The molecule has 0 saturated carbocycles. The lowest BCUT2D eigenvalue weighted by atomic mass is 10.1. The van der Waals surface area contributed by atoms with E-state index in [1.165, 1.54) is 0 Å². The van der Waals surface area contributed by atoms with Crippen LogP contribution < -0.4 is 10.1 Å². The molecule has 134 valence electrons. The van der Waals surface area contributed by atoms with Crippen molar-refractivity contribution in [1.29, 1.82) is 0 Å². The molecule has 4 rings (SSSR count). The molecule has 0 aliphatic heterocycles. The van der Waals surface area contributed by atoms with E-state index in [0.717, 1.165) is 39.8 Å². The minimum Gasteiger partial charge on any atom is -0.487 e. The Morgan fingerprint density at radius 3 is 2.67 bits per heavy atom. The molecule has 0 saturated heterocycles. The van der Waals surface area contributed by atoms with Crippen LogP contribution in [0.2, 0.25) is 0 Å². The Balaban J connectivity index is 1.55. The topological polar surface area (TPSA) is 75.7 Å². The van der Waals surface area contributed by atoms with Gasteiger partial charge >= 0.3 is 0 Å². The lowest BCUT2D eigenvalue weighted by Crippen LogP contribution is -1.99. The smallest absolute Gasteiger partial charge is 0.141 e. The fraction of sp³-hybridized carbons (Fsp3) is 0.0952. The lowest BCUT2D eigenvalue weighted by molar-refractivity contribution is 0.302. The van der Waals surface area contributed by atoms with Crippen molar-refractivity contribution in [2.75, 3.05) is 5.32 Å². The van der Waals surface area contributed by atoms with Crippen molar-refractivity contribution in [1.82, 2.24) is 20.2 Å². The van der Waals surface area contributed by atoms with Crippen LogP contribution in [0.1, 0.15) is 11.3 Å². The van der Waals surface area contributed by atoms with Gasteiger partial charge in [0.2, 0.25) is 0 Å². The van der Waals surface area contributed by atoms with Crippen molar-refractivity contribution in [3.63, 3.8) is 0 Å².